The molecule has 8 N–H and O–H groups in total. The van der Waals surface area contributed by atoms with Crippen LogP contribution in [0.3, 0.4) is 0 Å². The van der Waals surface area contributed by atoms with Gasteiger partial charge in [0.15, 0.2) is 0 Å². The molecule has 9 nitrogen and oxygen atoms in total. The molecule has 188 valence electrons. The van der Waals surface area contributed by atoms with Crippen LogP contribution in [0, 0.1) is 13.8 Å². The molecule has 0 bridgehead atoms. The van der Waals surface area contributed by atoms with Gasteiger partial charge in [-0.1, -0.05) is 42.0 Å². The zero-order valence-electron chi connectivity index (χ0n) is 20.0. The summed E-state index contributed by atoms with van der Waals surface area (Å²) >= 11 is 0. The predicted octanol–water partition coefficient (Wildman–Crippen LogP) is 2.94. The second-order valence-electron chi connectivity index (χ2n) is 8.12. The van der Waals surface area contributed by atoms with Crippen molar-refractivity contribution in [2.45, 2.75) is 19.8 Å². The summed E-state index contributed by atoms with van der Waals surface area (Å²) in [5.74, 6) is -0.770. The number of nitrogens with one attached hydrogen (secondary N) is 2. The van der Waals surface area contributed by atoms with E-state index >= 15 is 0 Å². The average Bonchev–Trinajstić information content (AvgIpc) is 3.36. The summed E-state index contributed by atoms with van der Waals surface area (Å²) in [6.07, 6.45) is 3.54. The van der Waals surface area contributed by atoms with E-state index in [1.165, 1.54) is 0 Å². The van der Waals surface area contributed by atoms with Crippen molar-refractivity contribution in [1.29, 1.82) is 0 Å². The predicted molar refractivity (Wildman–Crippen MR) is 139 cm³/mol. The average molecular weight is 491 g/mol. The van der Waals surface area contributed by atoms with Crippen LogP contribution in [0.5, 0.6) is 5.75 Å². The van der Waals surface area contributed by atoms with Gasteiger partial charge in [-0.3, -0.25) is 9.89 Å². The summed E-state index contributed by atoms with van der Waals surface area (Å²) in [6.45, 7) is 3.99. The number of hydrogen-bond acceptors (Lipinski definition) is 5. The lowest BCUT2D eigenvalue weighted by molar-refractivity contribution is -0.117. The first-order valence-corrected chi connectivity index (χ1v) is 10.9. The van der Waals surface area contributed by atoms with Crippen LogP contribution >= 0.6 is 0 Å². The number of anilines is 1. The highest BCUT2D eigenvalue weighted by Crippen LogP contribution is 2.24. The number of hydrogen-bond donors (Lipinski definition) is 3. The van der Waals surface area contributed by atoms with E-state index in [2.05, 4.69) is 15.5 Å². The Balaban J connectivity index is 0.00000228. The molecule has 0 aliphatic heterocycles. The van der Waals surface area contributed by atoms with Crippen molar-refractivity contribution in [2.24, 2.45) is 5.73 Å². The van der Waals surface area contributed by atoms with Crippen LogP contribution in [-0.2, 0) is 4.79 Å². The maximum absolute atomic E-state index is 12.9. The van der Waals surface area contributed by atoms with Gasteiger partial charge in [-0.2, -0.15) is 5.10 Å². The van der Waals surface area contributed by atoms with E-state index in [1.807, 2.05) is 50.2 Å². The largest absolute Gasteiger partial charge is 0.423 e. The zero-order valence-corrected chi connectivity index (χ0v) is 20.0. The Bertz CT molecular complexity index is 1290. The lowest BCUT2D eigenvalue weighted by atomic mass is 9.98. The number of nitrogens with zero attached hydrogens (tertiary/aromatic N) is 1. The molecule has 9 heteroatoms. The molecule has 0 spiro atoms. The van der Waals surface area contributed by atoms with Crippen LogP contribution in [0.1, 0.15) is 33.0 Å². The number of aromatic nitrogens is 2. The van der Waals surface area contributed by atoms with Crippen LogP contribution < -0.4 is 15.8 Å². The first-order chi connectivity index (χ1) is 16.4. The van der Waals surface area contributed by atoms with Gasteiger partial charge in [0, 0.05) is 24.0 Å². The van der Waals surface area contributed by atoms with Crippen molar-refractivity contribution >= 4 is 17.6 Å². The van der Waals surface area contributed by atoms with E-state index in [0.717, 1.165) is 27.8 Å². The molecule has 1 heterocycles. The number of amides is 1. The van der Waals surface area contributed by atoms with Crippen LogP contribution in [0.2, 0.25) is 0 Å². The lowest BCUT2D eigenvalue weighted by Gasteiger charge is -2.16. The Morgan fingerprint density at radius 1 is 0.972 bits per heavy atom. The molecular formula is C27H30N4O5. The summed E-state index contributed by atoms with van der Waals surface area (Å²) in [7, 11) is 0. The molecule has 0 radical (unpaired) electrons. The fraction of sp³-hybridized carbons (Fsp3) is 0.148. The van der Waals surface area contributed by atoms with Gasteiger partial charge in [-0.25, -0.2) is 4.79 Å². The van der Waals surface area contributed by atoms with Crippen LogP contribution in [-0.4, -0.2) is 39.6 Å². The number of carbonyl (C=O) groups excluding carboxylic acids is 2. The van der Waals surface area contributed by atoms with Gasteiger partial charge in [0.05, 0.1) is 17.7 Å². The number of carbonyl (C=O) groups is 2. The fourth-order valence-corrected chi connectivity index (χ4v) is 3.75. The number of rotatable bonds is 7. The number of aromatic amines is 1. The quantitative estimate of drug-likeness (QED) is 0.266. The zero-order chi connectivity index (χ0) is 24.1. The van der Waals surface area contributed by atoms with E-state index in [0.29, 0.717) is 17.0 Å². The monoisotopic (exact) mass is 490 g/mol. The van der Waals surface area contributed by atoms with Gasteiger partial charge < -0.3 is 26.7 Å². The Morgan fingerprint density at radius 3 is 2.25 bits per heavy atom. The second-order valence-corrected chi connectivity index (χ2v) is 8.12. The molecule has 0 aliphatic rings. The van der Waals surface area contributed by atoms with Gasteiger partial charge in [0.1, 0.15) is 5.75 Å². The molecule has 4 rings (SSSR count). The normalized spacial score (nSPS) is 11.0. The third-order valence-corrected chi connectivity index (χ3v) is 5.63. The van der Waals surface area contributed by atoms with E-state index in [9.17, 15) is 9.59 Å². The van der Waals surface area contributed by atoms with Crippen LogP contribution in [0.25, 0.3) is 11.1 Å². The minimum Gasteiger partial charge on any atom is -0.423 e. The molecule has 4 aromatic rings. The number of nitrogens with two attached hydrogens (primary N) is 1. The number of aryl methyl sites for hydroxylation is 2. The highest BCUT2D eigenvalue weighted by molar-refractivity contribution is 5.96. The highest BCUT2D eigenvalue weighted by Gasteiger charge is 2.20. The molecule has 0 saturated carbocycles. The third kappa shape index (κ3) is 6.42. The van der Waals surface area contributed by atoms with E-state index in [4.69, 9.17) is 10.5 Å². The summed E-state index contributed by atoms with van der Waals surface area (Å²) in [4.78, 5) is 25.4. The van der Waals surface area contributed by atoms with Gasteiger partial charge in [-0.05, 0) is 60.9 Å². The summed E-state index contributed by atoms with van der Waals surface area (Å²) in [5.41, 5.74) is 11.8. The molecule has 36 heavy (non-hydrogen) atoms. The summed E-state index contributed by atoms with van der Waals surface area (Å²) in [5, 5.41) is 9.64. The fourth-order valence-electron chi connectivity index (χ4n) is 3.75. The SMILES string of the molecule is Cc1ccc(C(=O)Oc2ccc(C(CN)C(=O)Nc3ccc(-c4cn[nH]c4)cc3)cc2)c(C)c1.O.O. The number of esters is 1. The molecule has 1 amide bonds. The van der Waals surface area contributed by atoms with Gasteiger partial charge >= 0.3 is 5.97 Å². The van der Waals surface area contributed by atoms with Crippen molar-refractivity contribution in [3.05, 3.63) is 101 Å². The first-order valence-electron chi connectivity index (χ1n) is 10.9. The highest BCUT2D eigenvalue weighted by atomic mass is 16.5. The van der Waals surface area contributed by atoms with E-state index in [-0.39, 0.29) is 23.4 Å². The number of benzene rings is 3. The Kier molecular flexibility index (Phi) is 9.63. The summed E-state index contributed by atoms with van der Waals surface area (Å²) < 4.78 is 5.51. The van der Waals surface area contributed by atoms with Crippen LogP contribution in [0.4, 0.5) is 5.69 Å². The molecular weight excluding hydrogens is 460 g/mol. The smallest absolute Gasteiger partial charge is 0.343 e. The van der Waals surface area contributed by atoms with Crippen molar-refractivity contribution in [3.8, 4) is 16.9 Å². The van der Waals surface area contributed by atoms with Crippen molar-refractivity contribution in [1.82, 2.24) is 10.2 Å². The Labute approximate surface area is 208 Å². The molecule has 1 atom stereocenters. The maximum atomic E-state index is 12.9. The van der Waals surface area contributed by atoms with E-state index in [1.54, 1.807) is 42.7 Å². The third-order valence-electron chi connectivity index (χ3n) is 5.63. The van der Waals surface area contributed by atoms with Gasteiger partial charge in [0.25, 0.3) is 0 Å². The molecule has 0 saturated heterocycles. The van der Waals surface area contributed by atoms with Crippen LogP contribution in [0.15, 0.2) is 79.1 Å². The first kappa shape index (κ1) is 27.9. The Hall–Kier alpha value is -4.31. The lowest BCUT2D eigenvalue weighted by Crippen LogP contribution is -2.27. The van der Waals surface area contributed by atoms with E-state index < -0.39 is 11.9 Å². The van der Waals surface area contributed by atoms with Crippen molar-refractivity contribution in [3.63, 3.8) is 0 Å². The van der Waals surface area contributed by atoms with Crippen molar-refractivity contribution < 1.29 is 25.3 Å². The molecule has 1 aromatic heterocycles. The topological polar surface area (TPSA) is 173 Å². The summed E-state index contributed by atoms with van der Waals surface area (Å²) in [6, 6.07) is 19.9. The molecule has 3 aromatic carbocycles. The molecule has 1 unspecified atom stereocenters. The van der Waals surface area contributed by atoms with Gasteiger partial charge in [-0.15, -0.1) is 0 Å². The number of ether oxygens (including phenoxy) is 1. The van der Waals surface area contributed by atoms with Gasteiger partial charge in [0.2, 0.25) is 5.91 Å². The molecule has 0 aliphatic carbocycles. The standard InChI is InChI=1S/C27H26N4O3.2H2O/c1-17-3-12-24(18(2)13-17)27(33)34-23-10-6-20(7-11-23)25(14-28)26(32)31-22-8-4-19(5-9-22)21-15-29-30-16-21;;/h3-13,15-16,25H,14,28H2,1-2H3,(H,29,30)(H,31,32);2*1H2. The molecule has 0 fully saturated rings. The maximum Gasteiger partial charge on any atom is 0.343 e. The number of H-pyrrole nitrogens is 1. The minimum atomic E-state index is -0.544. The van der Waals surface area contributed by atoms with Crippen molar-refractivity contribution in [2.75, 3.05) is 11.9 Å². The minimum absolute atomic E-state index is 0. The second kappa shape index (κ2) is 12.4. The Morgan fingerprint density at radius 2 is 1.67 bits per heavy atom.